The molecule has 1 aliphatic carbocycles. The van der Waals surface area contributed by atoms with Crippen LogP contribution in [0.15, 0.2) is 6.07 Å². The van der Waals surface area contributed by atoms with Crippen molar-refractivity contribution < 1.29 is 0 Å². The molecule has 0 aliphatic heterocycles. The molecule has 0 spiro atoms. The van der Waals surface area contributed by atoms with Crippen molar-refractivity contribution in [3.63, 3.8) is 0 Å². The Morgan fingerprint density at radius 1 is 1.40 bits per heavy atom. The molecule has 2 N–H and O–H groups in total. The molecule has 0 bridgehead atoms. The number of nitrogens with zero attached hydrogens (tertiary/aromatic N) is 2. The lowest BCUT2D eigenvalue weighted by Gasteiger charge is -2.04. The summed E-state index contributed by atoms with van der Waals surface area (Å²) in [5.74, 6) is 0.804. The molecular formula is C10H13Cl2N3. The second-order valence-electron chi connectivity index (χ2n) is 4.55. The van der Waals surface area contributed by atoms with E-state index in [1.807, 2.05) is 0 Å². The fraction of sp³-hybridized carbons (Fsp3) is 0.600. The van der Waals surface area contributed by atoms with Crippen molar-refractivity contribution in [3.8, 4) is 0 Å². The zero-order chi connectivity index (χ0) is 11.2. The predicted molar refractivity (Wildman–Crippen MR) is 61.1 cm³/mol. The Kier molecular flexibility index (Phi) is 2.65. The smallest absolute Gasteiger partial charge is 0.155 e. The lowest BCUT2D eigenvalue weighted by molar-refractivity contribution is 0.558. The molecule has 1 aromatic rings. The third-order valence-corrected chi connectivity index (χ3v) is 3.86. The second kappa shape index (κ2) is 3.58. The Balaban J connectivity index is 2.36. The molecule has 15 heavy (non-hydrogen) atoms. The maximum Gasteiger partial charge on any atom is 0.155 e. The first kappa shape index (κ1) is 11.1. The van der Waals surface area contributed by atoms with Crippen molar-refractivity contribution in [2.75, 3.05) is 6.54 Å². The largest absolute Gasteiger partial charge is 0.330 e. The third kappa shape index (κ3) is 1.73. The van der Waals surface area contributed by atoms with Crippen LogP contribution >= 0.6 is 23.2 Å². The summed E-state index contributed by atoms with van der Waals surface area (Å²) in [4.78, 5) is 0. The van der Waals surface area contributed by atoms with E-state index in [0.717, 1.165) is 5.56 Å². The average molecular weight is 246 g/mol. The maximum atomic E-state index is 6.01. The minimum absolute atomic E-state index is 0.185. The normalized spacial score (nSPS) is 27.8. The van der Waals surface area contributed by atoms with Crippen LogP contribution in [-0.4, -0.2) is 16.7 Å². The van der Waals surface area contributed by atoms with Crippen LogP contribution in [0.25, 0.3) is 0 Å². The fourth-order valence-corrected chi connectivity index (χ4v) is 2.75. The summed E-state index contributed by atoms with van der Waals surface area (Å²) in [5, 5.41) is 8.34. The SMILES string of the molecule is CC1(C)C(CN)C1c1cc(Cl)nnc1Cl. The van der Waals surface area contributed by atoms with Gasteiger partial charge in [-0.15, -0.1) is 10.2 Å². The van der Waals surface area contributed by atoms with E-state index in [1.54, 1.807) is 6.07 Å². The van der Waals surface area contributed by atoms with Crippen LogP contribution < -0.4 is 5.73 Å². The average Bonchev–Trinajstić information content (AvgIpc) is 2.72. The molecule has 1 fully saturated rings. The highest BCUT2D eigenvalue weighted by Crippen LogP contribution is 2.64. The first-order valence-electron chi connectivity index (χ1n) is 4.87. The maximum absolute atomic E-state index is 6.01. The Hall–Kier alpha value is -0.380. The molecule has 2 rings (SSSR count). The predicted octanol–water partition coefficient (Wildman–Crippen LogP) is 2.48. The van der Waals surface area contributed by atoms with Gasteiger partial charge in [0.2, 0.25) is 0 Å². The van der Waals surface area contributed by atoms with Gasteiger partial charge < -0.3 is 5.73 Å². The van der Waals surface area contributed by atoms with Gasteiger partial charge >= 0.3 is 0 Å². The summed E-state index contributed by atoms with van der Waals surface area (Å²) in [6.45, 7) is 5.02. The summed E-state index contributed by atoms with van der Waals surface area (Å²) in [5.41, 5.74) is 6.87. The van der Waals surface area contributed by atoms with Gasteiger partial charge in [0.05, 0.1) is 0 Å². The van der Waals surface area contributed by atoms with Gasteiger partial charge in [-0.05, 0) is 35.4 Å². The van der Waals surface area contributed by atoms with E-state index in [-0.39, 0.29) is 5.41 Å². The summed E-state index contributed by atoms with van der Waals surface area (Å²) >= 11 is 11.8. The van der Waals surface area contributed by atoms with E-state index >= 15 is 0 Å². The number of hydrogen-bond donors (Lipinski definition) is 1. The molecule has 5 heteroatoms. The van der Waals surface area contributed by atoms with E-state index in [4.69, 9.17) is 28.9 Å². The highest BCUT2D eigenvalue weighted by Gasteiger charge is 2.58. The lowest BCUT2D eigenvalue weighted by Crippen LogP contribution is -2.05. The van der Waals surface area contributed by atoms with E-state index in [9.17, 15) is 0 Å². The van der Waals surface area contributed by atoms with Gasteiger partial charge in [0.25, 0.3) is 0 Å². The molecule has 1 aromatic heterocycles. The minimum atomic E-state index is 0.185. The summed E-state index contributed by atoms with van der Waals surface area (Å²) in [6, 6.07) is 1.79. The highest BCUT2D eigenvalue weighted by atomic mass is 35.5. The summed E-state index contributed by atoms with van der Waals surface area (Å²) in [6.07, 6.45) is 0. The topological polar surface area (TPSA) is 51.8 Å². The van der Waals surface area contributed by atoms with Gasteiger partial charge in [0.1, 0.15) is 0 Å². The molecule has 1 aliphatic rings. The number of aromatic nitrogens is 2. The summed E-state index contributed by atoms with van der Waals surface area (Å²) in [7, 11) is 0. The van der Waals surface area contributed by atoms with E-state index in [0.29, 0.717) is 28.7 Å². The molecule has 1 saturated carbocycles. The van der Waals surface area contributed by atoms with Crippen LogP contribution in [0.1, 0.15) is 25.3 Å². The van der Waals surface area contributed by atoms with Gasteiger partial charge in [-0.1, -0.05) is 37.0 Å². The molecule has 1 heterocycles. The van der Waals surface area contributed by atoms with Crippen LogP contribution in [0.2, 0.25) is 10.3 Å². The molecule has 0 radical (unpaired) electrons. The zero-order valence-corrected chi connectivity index (χ0v) is 10.2. The third-order valence-electron chi connectivity index (χ3n) is 3.39. The van der Waals surface area contributed by atoms with Crippen LogP contribution in [0.3, 0.4) is 0 Å². The second-order valence-corrected chi connectivity index (χ2v) is 5.30. The monoisotopic (exact) mass is 245 g/mol. The quantitative estimate of drug-likeness (QED) is 0.872. The van der Waals surface area contributed by atoms with Crippen LogP contribution in [0, 0.1) is 11.3 Å². The van der Waals surface area contributed by atoms with Crippen molar-refractivity contribution >= 4 is 23.2 Å². The van der Waals surface area contributed by atoms with Gasteiger partial charge in [0.15, 0.2) is 10.3 Å². The van der Waals surface area contributed by atoms with Gasteiger partial charge in [0, 0.05) is 0 Å². The first-order chi connectivity index (χ1) is 6.98. The standard InChI is InChI=1S/C10H13Cl2N3/c1-10(2)6(4-13)8(10)5-3-7(11)14-15-9(5)12/h3,6,8H,4,13H2,1-2H3. The minimum Gasteiger partial charge on any atom is -0.330 e. The van der Waals surface area contributed by atoms with Crippen molar-refractivity contribution in [3.05, 3.63) is 21.9 Å². The molecule has 2 atom stereocenters. The van der Waals surface area contributed by atoms with Crippen molar-refractivity contribution in [1.82, 2.24) is 10.2 Å². The number of halogens is 2. The Bertz CT molecular complexity index is 392. The van der Waals surface area contributed by atoms with Gasteiger partial charge in [-0.2, -0.15) is 0 Å². The zero-order valence-electron chi connectivity index (χ0n) is 8.67. The van der Waals surface area contributed by atoms with E-state index in [2.05, 4.69) is 24.0 Å². The molecule has 2 unspecified atom stereocenters. The van der Waals surface area contributed by atoms with Crippen molar-refractivity contribution in [1.29, 1.82) is 0 Å². The Morgan fingerprint density at radius 3 is 2.60 bits per heavy atom. The van der Waals surface area contributed by atoms with Crippen LogP contribution in [-0.2, 0) is 0 Å². The van der Waals surface area contributed by atoms with Crippen molar-refractivity contribution in [2.24, 2.45) is 17.1 Å². The van der Waals surface area contributed by atoms with E-state index in [1.165, 1.54) is 0 Å². The summed E-state index contributed by atoms with van der Waals surface area (Å²) < 4.78 is 0. The first-order valence-corrected chi connectivity index (χ1v) is 5.62. The van der Waals surface area contributed by atoms with Gasteiger partial charge in [-0.3, -0.25) is 0 Å². The molecule has 0 saturated heterocycles. The van der Waals surface area contributed by atoms with Gasteiger partial charge in [-0.25, -0.2) is 0 Å². The number of hydrogen-bond acceptors (Lipinski definition) is 3. The molecule has 0 amide bonds. The molecule has 82 valence electrons. The molecule has 0 aromatic carbocycles. The molecule has 3 nitrogen and oxygen atoms in total. The van der Waals surface area contributed by atoms with Crippen molar-refractivity contribution in [2.45, 2.75) is 19.8 Å². The number of nitrogens with two attached hydrogens (primary N) is 1. The van der Waals surface area contributed by atoms with Crippen LogP contribution in [0.4, 0.5) is 0 Å². The number of rotatable bonds is 2. The lowest BCUT2D eigenvalue weighted by atomic mass is 10.1. The van der Waals surface area contributed by atoms with Crippen LogP contribution in [0.5, 0.6) is 0 Å². The highest BCUT2D eigenvalue weighted by molar-refractivity contribution is 6.31. The Labute approximate surface area is 99.0 Å². The molecular weight excluding hydrogens is 233 g/mol. The Morgan fingerprint density at radius 2 is 2.07 bits per heavy atom. The van der Waals surface area contributed by atoms with E-state index < -0.39 is 0 Å². The fourth-order valence-electron chi connectivity index (χ4n) is 2.39.